The Morgan fingerprint density at radius 2 is 2.05 bits per heavy atom. The lowest BCUT2D eigenvalue weighted by molar-refractivity contribution is -0.135. The van der Waals surface area contributed by atoms with Gasteiger partial charge < -0.3 is 10.2 Å². The first-order valence-electron chi connectivity index (χ1n) is 6.47. The highest BCUT2D eigenvalue weighted by Gasteiger charge is 2.23. The molecule has 0 saturated carbocycles. The Bertz CT molecular complexity index is 439. The third-order valence-electron chi connectivity index (χ3n) is 3.36. The maximum absolute atomic E-state index is 12.3. The Hall–Kier alpha value is -0.770. The largest absolute Gasteiger partial charge is 0.341 e. The van der Waals surface area contributed by atoms with Crippen LogP contribution in [-0.4, -0.2) is 30.9 Å². The number of amides is 1. The van der Waals surface area contributed by atoms with Crippen molar-refractivity contribution in [2.24, 2.45) is 5.92 Å². The van der Waals surface area contributed by atoms with Crippen molar-refractivity contribution in [1.29, 1.82) is 0 Å². The average molecular weight is 301 g/mol. The highest BCUT2D eigenvalue weighted by molar-refractivity contribution is 6.34. The molecule has 1 N–H and O–H groups in total. The zero-order chi connectivity index (χ0) is 13.8. The summed E-state index contributed by atoms with van der Waals surface area (Å²) in [4.78, 5) is 14.0. The number of nitrogens with zero attached hydrogens (tertiary/aromatic N) is 1. The molecule has 1 aliphatic heterocycles. The van der Waals surface area contributed by atoms with Crippen LogP contribution < -0.4 is 5.32 Å². The van der Waals surface area contributed by atoms with E-state index in [9.17, 15) is 4.79 Å². The van der Waals surface area contributed by atoms with Gasteiger partial charge >= 0.3 is 0 Å². The number of piperidine rings is 1. The third-order valence-corrected chi connectivity index (χ3v) is 3.80. The van der Waals surface area contributed by atoms with Crippen LogP contribution >= 0.6 is 23.2 Å². The molecule has 2 rings (SSSR count). The van der Waals surface area contributed by atoms with E-state index < -0.39 is 0 Å². The van der Waals surface area contributed by atoms with Crippen LogP contribution in [0, 0.1) is 5.92 Å². The van der Waals surface area contributed by atoms with Gasteiger partial charge in [0.1, 0.15) is 0 Å². The molecule has 0 bridgehead atoms. The van der Waals surface area contributed by atoms with Gasteiger partial charge in [0.15, 0.2) is 0 Å². The van der Waals surface area contributed by atoms with Gasteiger partial charge in [-0.2, -0.15) is 0 Å². The first kappa shape index (κ1) is 14.6. The Morgan fingerprint density at radius 3 is 2.63 bits per heavy atom. The van der Waals surface area contributed by atoms with Crippen molar-refractivity contribution in [3.05, 3.63) is 33.8 Å². The highest BCUT2D eigenvalue weighted by Crippen LogP contribution is 2.21. The number of halogens is 2. The first-order valence-corrected chi connectivity index (χ1v) is 7.22. The van der Waals surface area contributed by atoms with Crippen LogP contribution in [0.5, 0.6) is 0 Å². The lowest BCUT2D eigenvalue weighted by Gasteiger charge is -2.27. The Labute approximate surface area is 123 Å². The van der Waals surface area contributed by atoms with E-state index in [1.54, 1.807) is 11.0 Å². The summed E-state index contributed by atoms with van der Waals surface area (Å²) in [7, 11) is 1.83. The minimum absolute atomic E-state index is 0.0911. The Morgan fingerprint density at radius 1 is 1.37 bits per heavy atom. The van der Waals surface area contributed by atoms with Gasteiger partial charge in [-0.05, 0) is 43.1 Å². The SMILES string of the molecule is CN(Cc1cc(Cl)cc(Cl)c1)C(=O)[C@H]1CCCNC1. The summed E-state index contributed by atoms with van der Waals surface area (Å²) >= 11 is 11.9. The fourth-order valence-corrected chi connectivity index (χ4v) is 3.00. The minimum atomic E-state index is 0.0911. The van der Waals surface area contributed by atoms with Crippen molar-refractivity contribution in [2.75, 3.05) is 20.1 Å². The highest BCUT2D eigenvalue weighted by atomic mass is 35.5. The maximum atomic E-state index is 12.3. The van der Waals surface area contributed by atoms with E-state index in [0.717, 1.165) is 31.5 Å². The second-order valence-corrected chi connectivity index (χ2v) is 5.89. The predicted octanol–water partition coefficient (Wildman–Crippen LogP) is 2.95. The number of carbonyl (C=O) groups excluding carboxylic acids is 1. The molecule has 5 heteroatoms. The summed E-state index contributed by atoms with van der Waals surface area (Å²) in [5.41, 5.74) is 0.956. The fourth-order valence-electron chi connectivity index (χ4n) is 2.43. The van der Waals surface area contributed by atoms with Gasteiger partial charge in [0.25, 0.3) is 0 Å². The van der Waals surface area contributed by atoms with Gasteiger partial charge in [0.05, 0.1) is 5.92 Å². The van der Waals surface area contributed by atoms with E-state index in [2.05, 4.69) is 5.32 Å². The minimum Gasteiger partial charge on any atom is -0.341 e. The number of benzene rings is 1. The van der Waals surface area contributed by atoms with Crippen molar-refractivity contribution in [3.8, 4) is 0 Å². The van der Waals surface area contributed by atoms with Crippen molar-refractivity contribution >= 4 is 29.1 Å². The molecule has 1 heterocycles. The van der Waals surface area contributed by atoms with E-state index in [0.29, 0.717) is 16.6 Å². The summed E-state index contributed by atoms with van der Waals surface area (Å²) in [5, 5.41) is 4.46. The molecule has 1 aromatic rings. The Kier molecular flexibility index (Phi) is 5.08. The molecule has 0 aliphatic carbocycles. The van der Waals surface area contributed by atoms with Crippen molar-refractivity contribution in [1.82, 2.24) is 10.2 Å². The van der Waals surface area contributed by atoms with Gasteiger partial charge in [0, 0.05) is 30.2 Å². The van der Waals surface area contributed by atoms with E-state index in [1.165, 1.54) is 0 Å². The van der Waals surface area contributed by atoms with E-state index >= 15 is 0 Å². The van der Waals surface area contributed by atoms with Crippen LogP contribution in [0.25, 0.3) is 0 Å². The number of nitrogens with one attached hydrogen (secondary N) is 1. The van der Waals surface area contributed by atoms with Gasteiger partial charge in [-0.1, -0.05) is 23.2 Å². The second kappa shape index (κ2) is 6.60. The normalized spacial score (nSPS) is 19.2. The van der Waals surface area contributed by atoms with Crippen molar-refractivity contribution in [2.45, 2.75) is 19.4 Å². The van der Waals surface area contributed by atoms with Crippen molar-refractivity contribution < 1.29 is 4.79 Å². The number of hydrogen-bond acceptors (Lipinski definition) is 2. The monoisotopic (exact) mass is 300 g/mol. The van der Waals surface area contributed by atoms with Crippen LogP contribution in [0.15, 0.2) is 18.2 Å². The molecule has 0 aromatic heterocycles. The molecule has 0 radical (unpaired) electrons. The molecule has 104 valence electrons. The van der Waals surface area contributed by atoms with Crippen LogP contribution in [0.3, 0.4) is 0 Å². The fraction of sp³-hybridized carbons (Fsp3) is 0.500. The van der Waals surface area contributed by atoms with Gasteiger partial charge in [-0.25, -0.2) is 0 Å². The maximum Gasteiger partial charge on any atom is 0.227 e. The topological polar surface area (TPSA) is 32.3 Å². The van der Waals surface area contributed by atoms with Crippen LogP contribution in [-0.2, 0) is 11.3 Å². The molecule has 1 atom stereocenters. The standard InChI is InChI=1S/C14H18Cl2N2O/c1-18(14(19)11-3-2-4-17-8-11)9-10-5-12(15)7-13(16)6-10/h5-7,11,17H,2-4,8-9H2,1H3/t11-/m0/s1. The zero-order valence-electron chi connectivity index (χ0n) is 11.0. The lowest BCUT2D eigenvalue weighted by atomic mass is 9.98. The summed E-state index contributed by atoms with van der Waals surface area (Å²) < 4.78 is 0. The van der Waals surface area contributed by atoms with Gasteiger partial charge in [0.2, 0.25) is 5.91 Å². The predicted molar refractivity (Wildman–Crippen MR) is 78.5 cm³/mol. The molecule has 0 unspecified atom stereocenters. The summed E-state index contributed by atoms with van der Waals surface area (Å²) in [5.74, 6) is 0.275. The summed E-state index contributed by atoms with van der Waals surface area (Å²) in [6.45, 7) is 2.33. The molecule has 19 heavy (non-hydrogen) atoms. The average Bonchev–Trinajstić information content (AvgIpc) is 2.37. The Balaban J connectivity index is 1.99. The molecular formula is C14H18Cl2N2O. The molecule has 1 saturated heterocycles. The van der Waals surface area contributed by atoms with Crippen molar-refractivity contribution in [3.63, 3.8) is 0 Å². The smallest absolute Gasteiger partial charge is 0.227 e. The molecule has 1 fully saturated rings. The molecule has 1 aromatic carbocycles. The number of rotatable bonds is 3. The quantitative estimate of drug-likeness (QED) is 0.931. The molecule has 1 amide bonds. The van der Waals surface area contributed by atoms with Crippen LogP contribution in [0.4, 0.5) is 0 Å². The van der Waals surface area contributed by atoms with Crippen LogP contribution in [0.2, 0.25) is 10.0 Å². The van der Waals surface area contributed by atoms with Crippen LogP contribution in [0.1, 0.15) is 18.4 Å². The summed E-state index contributed by atoms with van der Waals surface area (Å²) in [6, 6.07) is 5.38. The number of carbonyl (C=O) groups is 1. The zero-order valence-corrected chi connectivity index (χ0v) is 12.5. The van der Waals surface area contributed by atoms with Gasteiger partial charge in [-0.3, -0.25) is 4.79 Å². The molecule has 1 aliphatic rings. The second-order valence-electron chi connectivity index (χ2n) is 5.02. The third kappa shape index (κ3) is 4.10. The lowest BCUT2D eigenvalue weighted by Crippen LogP contribution is -2.41. The van der Waals surface area contributed by atoms with E-state index in [1.807, 2.05) is 19.2 Å². The molecule has 0 spiro atoms. The molecule has 3 nitrogen and oxygen atoms in total. The van der Waals surface area contributed by atoms with E-state index in [-0.39, 0.29) is 11.8 Å². The molecular weight excluding hydrogens is 283 g/mol. The summed E-state index contributed by atoms with van der Waals surface area (Å²) in [6.07, 6.45) is 2.03. The van der Waals surface area contributed by atoms with E-state index in [4.69, 9.17) is 23.2 Å². The number of hydrogen-bond donors (Lipinski definition) is 1. The van der Waals surface area contributed by atoms with Gasteiger partial charge in [-0.15, -0.1) is 0 Å². The first-order chi connectivity index (χ1) is 9.06.